The minimum Gasteiger partial charge on any atom is -0.480 e. The van der Waals surface area contributed by atoms with Crippen molar-refractivity contribution in [1.29, 1.82) is 0 Å². The molecule has 0 bridgehead atoms. The maximum atomic E-state index is 12.4. The van der Waals surface area contributed by atoms with E-state index in [2.05, 4.69) is 10.6 Å². The Kier molecular flexibility index (Phi) is 4.29. The largest absolute Gasteiger partial charge is 0.480 e. The fourth-order valence-electron chi connectivity index (χ4n) is 2.58. The molecule has 2 fully saturated rings. The number of rotatable bonds is 2. The predicted octanol–water partition coefficient (Wildman–Crippen LogP) is -1.80. The summed E-state index contributed by atoms with van der Waals surface area (Å²) in [5, 5.41) is 14.3. The zero-order valence-corrected chi connectivity index (χ0v) is 11.7. The van der Waals surface area contributed by atoms with Crippen LogP contribution in [-0.4, -0.2) is 77.0 Å². The fourth-order valence-corrected chi connectivity index (χ4v) is 2.58. The zero-order chi connectivity index (χ0) is 15.6. The summed E-state index contributed by atoms with van der Waals surface area (Å²) in [5.41, 5.74) is 0. The fraction of sp³-hybridized carbons (Fsp3) is 0.667. The third-order valence-electron chi connectivity index (χ3n) is 3.58. The number of urea groups is 1. The van der Waals surface area contributed by atoms with Gasteiger partial charge in [0.2, 0.25) is 11.8 Å². The first-order valence-electron chi connectivity index (χ1n) is 6.70. The van der Waals surface area contributed by atoms with Crippen molar-refractivity contribution < 1.29 is 24.3 Å². The van der Waals surface area contributed by atoms with Gasteiger partial charge in [-0.1, -0.05) is 0 Å². The van der Waals surface area contributed by atoms with E-state index < -0.39 is 18.0 Å². The van der Waals surface area contributed by atoms with E-state index in [-0.39, 0.29) is 30.9 Å². The first kappa shape index (κ1) is 15.1. The van der Waals surface area contributed by atoms with Crippen molar-refractivity contribution in [3.63, 3.8) is 0 Å². The van der Waals surface area contributed by atoms with E-state index in [1.54, 1.807) is 0 Å². The van der Waals surface area contributed by atoms with Crippen molar-refractivity contribution >= 4 is 23.8 Å². The number of carboxylic acid groups (broad SMARTS) is 1. The molecule has 116 valence electrons. The number of piperazine rings is 1. The molecule has 2 atom stereocenters. The monoisotopic (exact) mass is 298 g/mol. The summed E-state index contributed by atoms with van der Waals surface area (Å²) in [6, 6.07) is -1.67. The van der Waals surface area contributed by atoms with E-state index in [9.17, 15) is 19.2 Å². The zero-order valence-electron chi connectivity index (χ0n) is 11.7. The molecule has 2 rings (SSSR count). The summed E-state index contributed by atoms with van der Waals surface area (Å²) in [5.74, 6) is -1.70. The van der Waals surface area contributed by atoms with E-state index in [4.69, 9.17) is 5.11 Å². The normalized spacial score (nSPS) is 25.5. The number of carbonyl (C=O) groups excluding carboxylic acids is 3. The van der Waals surface area contributed by atoms with Crippen molar-refractivity contribution in [2.24, 2.45) is 0 Å². The van der Waals surface area contributed by atoms with E-state index >= 15 is 0 Å². The Hall–Kier alpha value is -2.32. The molecule has 21 heavy (non-hydrogen) atoms. The second kappa shape index (κ2) is 5.98. The van der Waals surface area contributed by atoms with Gasteiger partial charge in [-0.3, -0.25) is 14.5 Å². The Morgan fingerprint density at radius 2 is 2.10 bits per heavy atom. The van der Waals surface area contributed by atoms with Crippen LogP contribution in [0.4, 0.5) is 4.79 Å². The molecule has 0 spiro atoms. The van der Waals surface area contributed by atoms with Gasteiger partial charge in [0, 0.05) is 32.6 Å². The number of carboxylic acids is 1. The first-order chi connectivity index (χ1) is 9.88. The molecule has 9 nitrogen and oxygen atoms in total. The molecule has 2 aliphatic heterocycles. The third kappa shape index (κ3) is 3.41. The van der Waals surface area contributed by atoms with Crippen LogP contribution in [0, 0.1) is 0 Å². The molecule has 2 unspecified atom stereocenters. The number of amides is 4. The maximum Gasteiger partial charge on any atom is 0.328 e. The molecule has 2 heterocycles. The molecular formula is C12H18N4O5. The third-order valence-corrected chi connectivity index (χ3v) is 3.58. The summed E-state index contributed by atoms with van der Waals surface area (Å²) in [6.07, 6.45) is 0.614. The number of aliphatic carboxylic acids is 1. The summed E-state index contributed by atoms with van der Waals surface area (Å²) < 4.78 is 0. The average molecular weight is 298 g/mol. The van der Waals surface area contributed by atoms with Crippen LogP contribution in [0.2, 0.25) is 0 Å². The minimum absolute atomic E-state index is 0.0944. The Balaban J connectivity index is 2.02. The van der Waals surface area contributed by atoms with Gasteiger partial charge in [-0.2, -0.15) is 0 Å². The lowest BCUT2D eigenvalue weighted by molar-refractivity contribution is -0.144. The number of likely N-dealkylation sites (tertiary alicyclic amines) is 1. The lowest BCUT2D eigenvalue weighted by Gasteiger charge is -2.35. The molecular weight excluding hydrogens is 280 g/mol. The van der Waals surface area contributed by atoms with Gasteiger partial charge in [0.05, 0.1) is 0 Å². The second-order valence-electron chi connectivity index (χ2n) is 5.20. The maximum absolute atomic E-state index is 12.4. The molecule has 0 saturated carbocycles. The van der Waals surface area contributed by atoms with Gasteiger partial charge in [0.15, 0.2) is 0 Å². The second-order valence-corrected chi connectivity index (χ2v) is 5.20. The van der Waals surface area contributed by atoms with Crippen molar-refractivity contribution in [2.45, 2.75) is 25.4 Å². The number of carbonyl (C=O) groups is 4. The van der Waals surface area contributed by atoms with Crippen LogP contribution in [0.5, 0.6) is 0 Å². The first-order valence-corrected chi connectivity index (χ1v) is 6.70. The van der Waals surface area contributed by atoms with Crippen LogP contribution in [0.3, 0.4) is 0 Å². The van der Waals surface area contributed by atoms with E-state index in [0.717, 1.165) is 4.90 Å². The van der Waals surface area contributed by atoms with Gasteiger partial charge in [0.1, 0.15) is 12.6 Å². The van der Waals surface area contributed by atoms with Gasteiger partial charge < -0.3 is 20.6 Å². The highest BCUT2D eigenvalue weighted by molar-refractivity contribution is 5.90. The molecule has 0 aromatic heterocycles. The lowest BCUT2D eigenvalue weighted by atomic mass is 10.2. The predicted molar refractivity (Wildman–Crippen MR) is 70.3 cm³/mol. The Morgan fingerprint density at radius 1 is 1.38 bits per heavy atom. The van der Waals surface area contributed by atoms with E-state index in [0.29, 0.717) is 19.5 Å². The van der Waals surface area contributed by atoms with E-state index in [1.165, 1.54) is 11.8 Å². The van der Waals surface area contributed by atoms with Gasteiger partial charge in [-0.15, -0.1) is 0 Å². The molecule has 2 aliphatic rings. The van der Waals surface area contributed by atoms with Crippen LogP contribution in [0.15, 0.2) is 0 Å². The Bertz CT molecular complexity index is 480. The van der Waals surface area contributed by atoms with Gasteiger partial charge >= 0.3 is 12.0 Å². The summed E-state index contributed by atoms with van der Waals surface area (Å²) in [7, 11) is 0. The molecule has 9 heteroatoms. The van der Waals surface area contributed by atoms with Gasteiger partial charge in [-0.25, -0.2) is 9.59 Å². The van der Waals surface area contributed by atoms with Gasteiger partial charge in [0.25, 0.3) is 0 Å². The van der Waals surface area contributed by atoms with E-state index in [1.807, 2.05) is 0 Å². The summed E-state index contributed by atoms with van der Waals surface area (Å²) in [4.78, 5) is 48.5. The van der Waals surface area contributed by atoms with Crippen molar-refractivity contribution in [3.8, 4) is 0 Å². The number of hydrogen-bond acceptors (Lipinski definition) is 4. The molecule has 0 aliphatic carbocycles. The van der Waals surface area contributed by atoms with Crippen molar-refractivity contribution in [1.82, 2.24) is 20.4 Å². The number of nitrogens with zero attached hydrogens (tertiary/aromatic N) is 2. The van der Waals surface area contributed by atoms with Crippen LogP contribution in [0.25, 0.3) is 0 Å². The smallest absolute Gasteiger partial charge is 0.328 e. The highest BCUT2D eigenvalue weighted by atomic mass is 16.4. The quantitative estimate of drug-likeness (QED) is 0.556. The van der Waals surface area contributed by atoms with Crippen LogP contribution in [-0.2, 0) is 14.4 Å². The highest BCUT2D eigenvalue weighted by Crippen LogP contribution is 2.15. The minimum atomic E-state index is -1.15. The lowest BCUT2D eigenvalue weighted by Crippen LogP contribution is -2.61. The molecule has 3 N–H and O–H groups in total. The average Bonchev–Trinajstić information content (AvgIpc) is 2.85. The van der Waals surface area contributed by atoms with Crippen molar-refractivity contribution in [2.75, 3.05) is 26.2 Å². The number of hydrogen-bond donors (Lipinski definition) is 3. The summed E-state index contributed by atoms with van der Waals surface area (Å²) >= 11 is 0. The molecule has 0 aromatic carbocycles. The summed E-state index contributed by atoms with van der Waals surface area (Å²) in [6.45, 7) is 1.79. The topological polar surface area (TPSA) is 119 Å². The molecule has 0 radical (unpaired) electrons. The van der Waals surface area contributed by atoms with Crippen molar-refractivity contribution in [3.05, 3.63) is 0 Å². The SMILES string of the molecule is CC(=O)NC1CCN(C(=O)N2CC(=O)NCC2C(=O)O)C1. The standard InChI is InChI=1S/C12H18N4O5/c1-7(17)14-8-2-3-15(5-8)12(21)16-6-10(18)13-4-9(16)11(19)20/h8-9H,2-6H2,1H3,(H,13,18)(H,14,17)(H,19,20). The number of nitrogens with one attached hydrogen (secondary N) is 2. The van der Waals surface area contributed by atoms with Crippen LogP contribution < -0.4 is 10.6 Å². The highest BCUT2D eigenvalue weighted by Gasteiger charge is 2.39. The molecule has 0 aromatic rings. The van der Waals surface area contributed by atoms with Crippen LogP contribution in [0.1, 0.15) is 13.3 Å². The Morgan fingerprint density at radius 3 is 2.71 bits per heavy atom. The van der Waals surface area contributed by atoms with Gasteiger partial charge in [-0.05, 0) is 6.42 Å². The van der Waals surface area contributed by atoms with Crippen LogP contribution >= 0.6 is 0 Å². The molecule has 2 saturated heterocycles. The molecule has 4 amide bonds. The Labute approximate surface area is 121 Å².